The molecule has 0 aromatic heterocycles. The number of ether oxygens (including phenoxy) is 1. The first-order chi connectivity index (χ1) is 9.77. The second-order valence-electron chi connectivity index (χ2n) is 5.78. The molecule has 0 radical (unpaired) electrons. The highest BCUT2D eigenvalue weighted by molar-refractivity contribution is 6.75. The Morgan fingerprint density at radius 1 is 1.24 bits per heavy atom. The van der Waals surface area contributed by atoms with Crippen molar-refractivity contribution in [1.29, 1.82) is 0 Å². The predicted molar refractivity (Wildman–Crippen MR) is 83.8 cm³/mol. The van der Waals surface area contributed by atoms with Gasteiger partial charge in [0.1, 0.15) is 6.04 Å². The van der Waals surface area contributed by atoms with Gasteiger partial charge in [0.05, 0.1) is 6.61 Å². The average Bonchev–Trinajstić information content (AvgIpc) is 2.37. The van der Waals surface area contributed by atoms with Crippen molar-refractivity contribution in [3.8, 4) is 0 Å². The molecule has 116 valence electrons. The van der Waals surface area contributed by atoms with Crippen molar-refractivity contribution in [1.82, 2.24) is 4.57 Å². The molecule has 0 saturated carbocycles. The van der Waals surface area contributed by atoms with Crippen LogP contribution in [0.4, 0.5) is 4.79 Å². The highest BCUT2D eigenvalue weighted by atomic mass is 28.3. The number of hydrogen-bond acceptors (Lipinski definition) is 3. The van der Waals surface area contributed by atoms with Crippen LogP contribution in [0.15, 0.2) is 30.3 Å². The Kier molecular flexibility index (Phi) is 5.96. The van der Waals surface area contributed by atoms with Gasteiger partial charge in [-0.3, -0.25) is 4.79 Å². The van der Waals surface area contributed by atoms with Gasteiger partial charge in [-0.05, 0) is 12.5 Å². The fourth-order valence-corrected chi connectivity index (χ4v) is 3.94. The highest BCUT2D eigenvalue weighted by Crippen LogP contribution is 2.19. The van der Waals surface area contributed by atoms with Gasteiger partial charge in [0.2, 0.25) is 0 Å². The van der Waals surface area contributed by atoms with E-state index in [1.54, 1.807) is 6.92 Å². The largest absolute Gasteiger partial charge is 0.480 e. The van der Waals surface area contributed by atoms with E-state index >= 15 is 0 Å². The van der Waals surface area contributed by atoms with Crippen LogP contribution in [-0.4, -0.2) is 42.6 Å². The Labute approximate surface area is 126 Å². The molecule has 0 aliphatic rings. The Morgan fingerprint density at radius 2 is 1.81 bits per heavy atom. The van der Waals surface area contributed by atoms with Gasteiger partial charge in [-0.1, -0.05) is 50.0 Å². The fraction of sp³-hybridized carbons (Fsp3) is 0.467. The molecule has 6 heteroatoms. The topological polar surface area (TPSA) is 66.8 Å². The van der Waals surface area contributed by atoms with Crippen LogP contribution in [0.1, 0.15) is 12.5 Å². The van der Waals surface area contributed by atoms with E-state index in [9.17, 15) is 14.7 Å². The molecular weight excluding hydrogens is 286 g/mol. The molecule has 1 rings (SSSR count). The first-order valence-corrected chi connectivity index (χ1v) is 10.4. The van der Waals surface area contributed by atoms with E-state index in [1.807, 2.05) is 50.0 Å². The standard InChI is InChI=1S/C15H23NO4Si/c1-5-20-15(19)16(21(2,3)4)13(14(17)18)11-12-9-7-6-8-10-12/h6-10,13H,5,11H2,1-4H3,(H,17,18)/t13-/m0/s1. The molecular formula is C15H23NO4Si. The number of rotatable bonds is 6. The lowest BCUT2D eigenvalue weighted by atomic mass is 10.1. The molecule has 0 bridgehead atoms. The minimum absolute atomic E-state index is 0.234. The number of carbonyl (C=O) groups excluding carboxylic acids is 1. The predicted octanol–water partition coefficient (Wildman–Crippen LogP) is 2.98. The number of carboxylic acids is 1. The Hall–Kier alpha value is -1.82. The third kappa shape index (κ3) is 4.89. The fourth-order valence-electron chi connectivity index (χ4n) is 2.19. The molecule has 1 N–H and O–H groups in total. The van der Waals surface area contributed by atoms with Crippen molar-refractivity contribution in [2.75, 3.05) is 6.61 Å². The van der Waals surface area contributed by atoms with E-state index in [1.165, 1.54) is 4.57 Å². The van der Waals surface area contributed by atoms with Crippen LogP contribution in [0.5, 0.6) is 0 Å². The van der Waals surface area contributed by atoms with Gasteiger partial charge in [0, 0.05) is 6.42 Å². The summed E-state index contributed by atoms with van der Waals surface area (Å²) < 4.78 is 6.49. The molecule has 1 aromatic carbocycles. The number of benzene rings is 1. The third-order valence-electron chi connectivity index (χ3n) is 3.06. The quantitative estimate of drug-likeness (QED) is 0.820. The summed E-state index contributed by atoms with van der Waals surface area (Å²) in [4.78, 5) is 23.9. The zero-order valence-corrected chi connectivity index (χ0v) is 14.0. The zero-order valence-electron chi connectivity index (χ0n) is 13.0. The number of hydrogen-bond donors (Lipinski definition) is 1. The summed E-state index contributed by atoms with van der Waals surface area (Å²) in [7, 11) is -2.19. The van der Waals surface area contributed by atoms with Crippen LogP contribution in [0, 0.1) is 0 Å². The molecule has 0 aliphatic heterocycles. The molecule has 0 unspecified atom stereocenters. The van der Waals surface area contributed by atoms with Crippen molar-refractivity contribution in [3.05, 3.63) is 35.9 Å². The van der Waals surface area contributed by atoms with Gasteiger partial charge in [-0.15, -0.1) is 0 Å². The maximum Gasteiger partial charge on any atom is 0.402 e. The highest BCUT2D eigenvalue weighted by Gasteiger charge is 2.39. The average molecular weight is 309 g/mol. The number of carbonyl (C=O) groups is 2. The van der Waals surface area contributed by atoms with Crippen molar-refractivity contribution >= 4 is 20.3 Å². The summed E-state index contributed by atoms with van der Waals surface area (Å²) in [6.07, 6.45) is -0.265. The zero-order chi connectivity index (χ0) is 16.0. The van der Waals surface area contributed by atoms with E-state index in [2.05, 4.69) is 0 Å². The van der Waals surface area contributed by atoms with Crippen LogP contribution in [0.25, 0.3) is 0 Å². The molecule has 1 atom stereocenters. The lowest BCUT2D eigenvalue weighted by Crippen LogP contribution is -2.58. The molecule has 0 heterocycles. The van der Waals surface area contributed by atoms with Gasteiger partial charge in [-0.2, -0.15) is 0 Å². The third-order valence-corrected chi connectivity index (χ3v) is 5.00. The monoisotopic (exact) mass is 309 g/mol. The molecule has 1 aromatic rings. The second-order valence-corrected chi connectivity index (χ2v) is 10.6. The van der Waals surface area contributed by atoms with Crippen molar-refractivity contribution < 1.29 is 19.4 Å². The molecule has 5 nitrogen and oxygen atoms in total. The summed E-state index contributed by atoms with van der Waals surface area (Å²) >= 11 is 0. The molecule has 21 heavy (non-hydrogen) atoms. The van der Waals surface area contributed by atoms with E-state index in [-0.39, 0.29) is 13.0 Å². The van der Waals surface area contributed by atoms with Gasteiger partial charge in [-0.25, -0.2) is 4.79 Å². The van der Waals surface area contributed by atoms with Crippen LogP contribution in [0.3, 0.4) is 0 Å². The Balaban J connectivity index is 3.09. The first-order valence-electron chi connectivity index (χ1n) is 7.00. The maximum atomic E-state index is 12.2. The first kappa shape index (κ1) is 17.2. The Bertz CT molecular complexity index is 484. The second kappa shape index (κ2) is 7.26. The van der Waals surface area contributed by atoms with Crippen LogP contribution in [-0.2, 0) is 16.0 Å². The normalized spacial score (nSPS) is 12.6. The minimum Gasteiger partial charge on any atom is -0.480 e. The summed E-state index contributed by atoms with van der Waals surface area (Å²) in [5.74, 6) is -1.01. The maximum absolute atomic E-state index is 12.2. The SMILES string of the molecule is CCOC(=O)N([C@@H](Cc1ccccc1)C(=O)O)[Si](C)(C)C. The smallest absolute Gasteiger partial charge is 0.402 e. The summed E-state index contributed by atoms with van der Waals surface area (Å²) in [5, 5.41) is 9.56. The molecule has 0 aliphatic carbocycles. The van der Waals surface area contributed by atoms with E-state index < -0.39 is 26.3 Å². The molecule has 0 saturated heterocycles. The summed E-state index contributed by atoms with van der Waals surface area (Å²) in [6.45, 7) is 7.76. The summed E-state index contributed by atoms with van der Waals surface area (Å²) in [5.41, 5.74) is 0.887. The molecule has 0 fully saturated rings. The number of carboxylic acid groups (broad SMARTS) is 1. The number of aliphatic carboxylic acids is 1. The van der Waals surface area contributed by atoms with Crippen molar-refractivity contribution in [3.63, 3.8) is 0 Å². The van der Waals surface area contributed by atoms with Gasteiger partial charge >= 0.3 is 12.1 Å². The van der Waals surface area contributed by atoms with Crippen LogP contribution in [0.2, 0.25) is 19.6 Å². The van der Waals surface area contributed by atoms with Crippen molar-refractivity contribution in [2.24, 2.45) is 0 Å². The molecule has 0 spiro atoms. The van der Waals surface area contributed by atoms with E-state index in [0.29, 0.717) is 0 Å². The Morgan fingerprint density at radius 3 is 2.24 bits per heavy atom. The van der Waals surface area contributed by atoms with Gasteiger partial charge in [0.25, 0.3) is 0 Å². The minimum atomic E-state index is -2.19. The lowest BCUT2D eigenvalue weighted by molar-refractivity contribution is -0.141. The molecule has 1 amide bonds. The van der Waals surface area contributed by atoms with E-state index in [0.717, 1.165) is 5.56 Å². The lowest BCUT2D eigenvalue weighted by Gasteiger charge is -2.37. The number of amides is 1. The van der Waals surface area contributed by atoms with E-state index in [4.69, 9.17) is 4.74 Å². The van der Waals surface area contributed by atoms with Gasteiger partial charge < -0.3 is 14.4 Å². The van der Waals surface area contributed by atoms with Crippen LogP contribution >= 0.6 is 0 Å². The van der Waals surface area contributed by atoms with Crippen LogP contribution < -0.4 is 0 Å². The van der Waals surface area contributed by atoms with Crippen molar-refractivity contribution in [2.45, 2.75) is 39.0 Å². The summed E-state index contributed by atoms with van der Waals surface area (Å²) in [6, 6.07) is 8.42. The van der Waals surface area contributed by atoms with Gasteiger partial charge in [0.15, 0.2) is 8.24 Å². The number of nitrogens with zero attached hydrogens (tertiary/aromatic N) is 1.